The lowest BCUT2D eigenvalue weighted by atomic mass is 10.2. The summed E-state index contributed by atoms with van der Waals surface area (Å²) in [5, 5.41) is 3.01. The highest BCUT2D eigenvalue weighted by atomic mass is 32.2. The molecule has 0 spiro atoms. The van der Waals surface area contributed by atoms with Gasteiger partial charge in [0.05, 0.1) is 18.7 Å². The van der Waals surface area contributed by atoms with Crippen LogP contribution in [0.25, 0.3) is 0 Å². The van der Waals surface area contributed by atoms with Crippen molar-refractivity contribution in [1.82, 2.24) is 14.9 Å². The molecule has 7 nitrogen and oxygen atoms in total. The zero-order valence-electron chi connectivity index (χ0n) is 12.2. The number of nitrogens with zero attached hydrogens (tertiary/aromatic N) is 1. The van der Waals surface area contributed by atoms with Crippen LogP contribution in [0.5, 0.6) is 0 Å². The number of carbonyl (C=O) groups excluding carboxylic acids is 2. The summed E-state index contributed by atoms with van der Waals surface area (Å²) < 4.78 is 24.1. The Balaban J connectivity index is 2.36. The van der Waals surface area contributed by atoms with Crippen molar-refractivity contribution in [2.24, 2.45) is 0 Å². The fraction of sp³-hybridized carbons (Fsp3) is 0.833. The predicted octanol–water partition coefficient (Wildman–Crippen LogP) is -0.559. The van der Waals surface area contributed by atoms with Crippen LogP contribution < -0.4 is 10.0 Å². The van der Waals surface area contributed by atoms with Gasteiger partial charge in [-0.3, -0.25) is 14.5 Å². The topological polar surface area (TPSA) is 95.6 Å². The molecule has 2 unspecified atom stereocenters. The summed E-state index contributed by atoms with van der Waals surface area (Å²) in [6, 6.07) is -0.552. The van der Waals surface area contributed by atoms with Crippen LogP contribution in [0.1, 0.15) is 33.1 Å². The molecular weight excluding hydrogens is 282 g/mol. The third kappa shape index (κ3) is 4.84. The van der Waals surface area contributed by atoms with Crippen LogP contribution in [-0.4, -0.2) is 56.6 Å². The van der Waals surface area contributed by atoms with Crippen LogP contribution >= 0.6 is 0 Å². The molecule has 20 heavy (non-hydrogen) atoms. The zero-order valence-corrected chi connectivity index (χ0v) is 13.0. The highest BCUT2D eigenvalue weighted by Gasteiger charge is 2.39. The van der Waals surface area contributed by atoms with Gasteiger partial charge in [0.1, 0.15) is 0 Å². The van der Waals surface area contributed by atoms with Gasteiger partial charge in [-0.05, 0) is 26.3 Å². The van der Waals surface area contributed by atoms with Gasteiger partial charge in [0.15, 0.2) is 0 Å². The second kappa shape index (κ2) is 7.14. The normalized spacial score (nSPS) is 21.6. The second-order valence-corrected chi connectivity index (χ2v) is 6.92. The lowest BCUT2D eigenvalue weighted by molar-refractivity contribution is -0.141. The average molecular weight is 305 g/mol. The second-order valence-electron chi connectivity index (χ2n) is 5.09. The van der Waals surface area contributed by atoms with E-state index in [1.807, 2.05) is 13.8 Å². The Morgan fingerprint density at radius 1 is 1.35 bits per heavy atom. The van der Waals surface area contributed by atoms with Crippen LogP contribution in [0.3, 0.4) is 0 Å². The van der Waals surface area contributed by atoms with Gasteiger partial charge in [0, 0.05) is 12.6 Å². The van der Waals surface area contributed by atoms with Gasteiger partial charge in [-0.25, -0.2) is 13.1 Å². The number of imide groups is 1. The van der Waals surface area contributed by atoms with Gasteiger partial charge in [-0.15, -0.1) is 0 Å². The summed E-state index contributed by atoms with van der Waals surface area (Å²) in [5.74, 6) is -0.323. The van der Waals surface area contributed by atoms with Crippen LogP contribution in [0, 0.1) is 0 Å². The van der Waals surface area contributed by atoms with E-state index in [2.05, 4.69) is 10.0 Å². The summed E-state index contributed by atoms with van der Waals surface area (Å²) >= 11 is 0. The Hall–Kier alpha value is -0.990. The summed E-state index contributed by atoms with van der Waals surface area (Å²) in [6.07, 6.45) is 2.59. The van der Waals surface area contributed by atoms with Crippen molar-refractivity contribution in [2.45, 2.75) is 45.2 Å². The monoisotopic (exact) mass is 305 g/mol. The van der Waals surface area contributed by atoms with E-state index in [0.29, 0.717) is 19.5 Å². The van der Waals surface area contributed by atoms with E-state index in [-0.39, 0.29) is 24.3 Å². The van der Waals surface area contributed by atoms with E-state index in [0.717, 1.165) is 12.7 Å². The van der Waals surface area contributed by atoms with E-state index in [9.17, 15) is 18.0 Å². The molecule has 0 aliphatic carbocycles. The third-order valence-electron chi connectivity index (χ3n) is 3.32. The van der Waals surface area contributed by atoms with Gasteiger partial charge in [0.25, 0.3) is 0 Å². The molecule has 2 N–H and O–H groups in total. The average Bonchev–Trinajstić information content (AvgIpc) is 2.62. The summed E-state index contributed by atoms with van der Waals surface area (Å²) in [7, 11) is -3.17. The molecule has 0 aromatic rings. The summed E-state index contributed by atoms with van der Waals surface area (Å²) in [4.78, 5) is 25.2. The molecule has 2 atom stereocenters. The molecule has 0 aromatic heterocycles. The van der Waals surface area contributed by atoms with Gasteiger partial charge in [-0.2, -0.15) is 0 Å². The first-order chi connectivity index (χ1) is 9.26. The molecule has 1 aliphatic heterocycles. The Morgan fingerprint density at radius 3 is 2.55 bits per heavy atom. The number of rotatable bonds is 8. The molecule has 1 aliphatic rings. The molecular formula is C12H23N3O4S. The number of amides is 2. The van der Waals surface area contributed by atoms with Crippen LogP contribution in [-0.2, 0) is 19.6 Å². The summed E-state index contributed by atoms with van der Waals surface area (Å²) in [6.45, 7) is 4.59. The molecule has 1 rings (SSSR count). The Morgan fingerprint density at radius 2 is 2.00 bits per heavy atom. The fourth-order valence-electron chi connectivity index (χ4n) is 2.08. The largest absolute Gasteiger partial charge is 0.305 e. The minimum atomic E-state index is -3.17. The van der Waals surface area contributed by atoms with Crippen molar-refractivity contribution in [3.05, 3.63) is 0 Å². The molecule has 0 aromatic carbocycles. The molecule has 0 bridgehead atoms. The standard InChI is InChI=1S/C12H23N3O4S/c1-4-9(2)15-11(16)8-10(12(15)17)13-6-5-7-14-20(3,18)19/h9-10,13-14H,4-8H2,1-3H3. The Kier molecular flexibility index (Phi) is 6.09. The molecule has 0 saturated carbocycles. The van der Waals surface area contributed by atoms with Crippen molar-refractivity contribution in [3.63, 3.8) is 0 Å². The highest BCUT2D eigenvalue weighted by molar-refractivity contribution is 7.88. The van der Waals surface area contributed by atoms with Crippen LogP contribution in [0.15, 0.2) is 0 Å². The third-order valence-corrected chi connectivity index (χ3v) is 4.05. The molecule has 8 heteroatoms. The number of hydrogen-bond donors (Lipinski definition) is 2. The lowest BCUT2D eigenvalue weighted by Gasteiger charge is -2.21. The van der Waals surface area contributed by atoms with E-state index >= 15 is 0 Å². The maximum absolute atomic E-state index is 12.1. The maximum atomic E-state index is 12.1. The fourth-order valence-corrected chi connectivity index (χ4v) is 2.59. The molecule has 1 saturated heterocycles. The maximum Gasteiger partial charge on any atom is 0.247 e. The summed E-state index contributed by atoms with van der Waals surface area (Å²) in [5.41, 5.74) is 0. The first-order valence-corrected chi connectivity index (χ1v) is 8.69. The Labute approximate surface area is 120 Å². The SMILES string of the molecule is CCC(C)N1C(=O)CC(NCCCNS(C)(=O)=O)C1=O. The Bertz CT molecular complexity index is 463. The van der Waals surface area contributed by atoms with Crippen molar-refractivity contribution in [3.8, 4) is 0 Å². The first kappa shape index (κ1) is 17.1. The van der Waals surface area contributed by atoms with Crippen molar-refractivity contribution in [2.75, 3.05) is 19.3 Å². The first-order valence-electron chi connectivity index (χ1n) is 6.80. The molecule has 1 fully saturated rings. The quantitative estimate of drug-likeness (QED) is 0.463. The van der Waals surface area contributed by atoms with E-state index in [4.69, 9.17) is 0 Å². The van der Waals surface area contributed by atoms with Gasteiger partial charge in [0.2, 0.25) is 21.8 Å². The van der Waals surface area contributed by atoms with Crippen molar-refractivity contribution < 1.29 is 18.0 Å². The minimum Gasteiger partial charge on any atom is -0.305 e. The van der Waals surface area contributed by atoms with E-state index in [1.54, 1.807) is 0 Å². The van der Waals surface area contributed by atoms with Gasteiger partial charge >= 0.3 is 0 Å². The minimum absolute atomic E-state index is 0.0753. The highest BCUT2D eigenvalue weighted by Crippen LogP contribution is 2.17. The molecule has 0 radical (unpaired) electrons. The predicted molar refractivity (Wildman–Crippen MR) is 75.5 cm³/mol. The van der Waals surface area contributed by atoms with Crippen LogP contribution in [0.2, 0.25) is 0 Å². The molecule has 1 heterocycles. The number of likely N-dealkylation sites (tertiary alicyclic amines) is 1. The van der Waals surface area contributed by atoms with Crippen LogP contribution in [0.4, 0.5) is 0 Å². The van der Waals surface area contributed by atoms with E-state index < -0.39 is 16.1 Å². The zero-order chi connectivity index (χ0) is 15.3. The number of carbonyl (C=O) groups is 2. The molecule has 2 amide bonds. The van der Waals surface area contributed by atoms with Crippen molar-refractivity contribution >= 4 is 21.8 Å². The number of hydrogen-bond acceptors (Lipinski definition) is 5. The number of nitrogens with one attached hydrogen (secondary N) is 2. The lowest BCUT2D eigenvalue weighted by Crippen LogP contribution is -2.43. The molecule has 116 valence electrons. The smallest absolute Gasteiger partial charge is 0.247 e. The van der Waals surface area contributed by atoms with Gasteiger partial charge in [-0.1, -0.05) is 6.92 Å². The van der Waals surface area contributed by atoms with E-state index in [1.165, 1.54) is 4.90 Å². The van der Waals surface area contributed by atoms with Crippen molar-refractivity contribution in [1.29, 1.82) is 0 Å². The van der Waals surface area contributed by atoms with Gasteiger partial charge < -0.3 is 5.32 Å². The number of sulfonamides is 1.